The molecular weight excluding hydrogens is 510 g/mol. The summed E-state index contributed by atoms with van der Waals surface area (Å²) in [5, 5.41) is 0. The van der Waals surface area contributed by atoms with Crippen LogP contribution in [0.15, 0.2) is 0 Å². The topological polar surface area (TPSA) is 106 Å². The van der Waals surface area contributed by atoms with E-state index in [4.69, 9.17) is 29.4 Å². The zero-order valence-electron chi connectivity index (χ0n) is 26.6. The molecule has 1 aliphatic carbocycles. The minimum Gasteiger partial charge on any atom is -0.460 e. The average Bonchev–Trinajstić information content (AvgIpc) is 2.84. The Balaban J connectivity index is 2.20. The standard InChI is InChI=1S/C32H61NO7/c1-31(2,3)39-29(34)18-22-36-20-9-7-8-10-26(11-12-27-13-15-28(33)16-14-27)17-21-37-24-25-38-23-19-30(35)40-32(4,5)6/h26-28H,7-25,33H2,1-6H3. The highest BCUT2D eigenvalue weighted by Crippen LogP contribution is 2.30. The minimum atomic E-state index is -0.461. The molecule has 236 valence electrons. The predicted octanol–water partition coefficient (Wildman–Crippen LogP) is 6.36. The Morgan fingerprint density at radius 1 is 0.650 bits per heavy atom. The molecule has 0 aromatic carbocycles. The van der Waals surface area contributed by atoms with Crippen LogP contribution in [0.3, 0.4) is 0 Å². The van der Waals surface area contributed by atoms with Gasteiger partial charge in [0.1, 0.15) is 11.2 Å². The Labute approximate surface area is 244 Å². The maximum Gasteiger partial charge on any atom is 0.308 e. The van der Waals surface area contributed by atoms with Crippen LogP contribution in [0.5, 0.6) is 0 Å². The number of rotatable bonds is 21. The number of hydrogen-bond acceptors (Lipinski definition) is 8. The summed E-state index contributed by atoms with van der Waals surface area (Å²) in [5.74, 6) is 1.05. The first-order chi connectivity index (χ1) is 18.8. The third-order valence-electron chi connectivity index (χ3n) is 7.06. The van der Waals surface area contributed by atoms with E-state index < -0.39 is 11.2 Å². The van der Waals surface area contributed by atoms with Crippen molar-refractivity contribution < 1.29 is 33.3 Å². The van der Waals surface area contributed by atoms with Crippen molar-refractivity contribution in [2.45, 2.75) is 142 Å². The molecular formula is C32H61NO7. The van der Waals surface area contributed by atoms with E-state index in [2.05, 4.69) is 0 Å². The highest BCUT2D eigenvalue weighted by molar-refractivity contribution is 5.70. The Morgan fingerprint density at radius 3 is 1.73 bits per heavy atom. The van der Waals surface area contributed by atoms with Crippen LogP contribution >= 0.6 is 0 Å². The van der Waals surface area contributed by atoms with Crippen LogP contribution in [-0.2, 0) is 33.3 Å². The van der Waals surface area contributed by atoms with Crippen LogP contribution in [0.2, 0.25) is 0 Å². The lowest BCUT2D eigenvalue weighted by Gasteiger charge is -2.27. The number of unbranched alkanes of at least 4 members (excludes halogenated alkanes) is 2. The lowest BCUT2D eigenvalue weighted by Crippen LogP contribution is -2.26. The maximum atomic E-state index is 11.8. The molecule has 0 aromatic heterocycles. The molecule has 2 N–H and O–H groups in total. The molecule has 1 atom stereocenters. The molecule has 0 spiro atoms. The van der Waals surface area contributed by atoms with Gasteiger partial charge in [-0.25, -0.2) is 0 Å². The van der Waals surface area contributed by atoms with Gasteiger partial charge in [-0.05, 0) is 91.9 Å². The first-order valence-corrected chi connectivity index (χ1v) is 15.8. The summed E-state index contributed by atoms with van der Waals surface area (Å²) in [5.41, 5.74) is 5.19. The fourth-order valence-corrected chi connectivity index (χ4v) is 4.97. The van der Waals surface area contributed by atoms with Crippen molar-refractivity contribution in [3.8, 4) is 0 Å². The summed E-state index contributed by atoms with van der Waals surface area (Å²) >= 11 is 0. The van der Waals surface area contributed by atoms with Crippen LogP contribution in [-0.4, -0.2) is 68.8 Å². The van der Waals surface area contributed by atoms with Crippen LogP contribution in [0.25, 0.3) is 0 Å². The van der Waals surface area contributed by atoms with Crippen LogP contribution in [0.1, 0.15) is 125 Å². The molecule has 0 radical (unpaired) electrons. The van der Waals surface area contributed by atoms with E-state index in [1.54, 1.807) is 0 Å². The summed E-state index contributed by atoms with van der Waals surface area (Å²) in [4.78, 5) is 23.5. The van der Waals surface area contributed by atoms with Crippen molar-refractivity contribution in [2.24, 2.45) is 17.6 Å². The van der Waals surface area contributed by atoms with Crippen molar-refractivity contribution in [1.29, 1.82) is 0 Å². The van der Waals surface area contributed by atoms with Gasteiger partial charge in [-0.2, -0.15) is 0 Å². The predicted molar refractivity (Wildman–Crippen MR) is 159 cm³/mol. The lowest BCUT2D eigenvalue weighted by atomic mass is 9.81. The van der Waals surface area contributed by atoms with Gasteiger partial charge in [-0.3, -0.25) is 9.59 Å². The largest absolute Gasteiger partial charge is 0.460 e. The van der Waals surface area contributed by atoms with Gasteiger partial charge >= 0.3 is 11.9 Å². The van der Waals surface area contributed by atoms with Crippen LogP contribution in [0, 0.1) is 11.8 Å². The third kappa shape index (κ3) is 22.5. The molecule has 1 saturated carbocycles. The molecule has 0 amide bonds. The highest BCUT2D eigenvalue weighted by atomic mass is 16.6. The highest BCUT2D eigenvalue weighted by Gasteiger charge is 2.20. The van der Waals surface area contributed by atoms with Gasteiger partial charge in [-0.15, -0.1) is 0 Å². The maximum absolute atomic E-state index is 11.8. The SMILES string of the molecule is CC(C)(C)OC(=O)CCOCCCCCC(CCOCCOCCC(=O)OC(C)(C)C)CCC1CCC(N)CC1. The summed E-state index contributed by atoms with van der Waals surface area (Å²) in [6.45, 7) is 14.5. The Hall–Kier alpha value is -1.22. The monoisotopic (exact) mass is 571 g/mol. The van der Waals surface area contributed by atoms with Gasteiger partial charge in [0.15, 0.2) is 0 Å². The molecule has 0 heterocycles. The lowest BCUT2D eigenvalue weighted by molar-refractivity contribution is -0.157. The number of esters is 2. The summed E-state index contributed by atoms with van der Waals surface area (Å²) in [7, 11) is 0. The van der Waals surface area contributed by atoms with E-state index in [0.29, 0.717) is 51.4 Å². The van der Waals surface area contributed by atoms with Crippen molar-refractivity contribution >= 4 is 11.9 Å². The van der Waals surface area contributed by atoms with Crippen LogP contribution < -0.4 is 5.73 Å². The number of nitrogens with two attached hydrogens (primary N) is 1. The van der Waals surface area contributed by atoms with E-state index in [1.165, 1.54) is 51.4 Å². The van der Waals surface area contributed by atoms with Crippen molar-refractivity contribution in [3.63, 3.8) is 0 Å². The van der Waals surface area contributed by atoms with E-state index in [9.17, 15) is 9.59 Å². The summed E-state index contributed by atoms with van der Waals surface area (Å²) in [6.07, 6.45) is 13.6. The second-order valence-electron chi connectivity index (χ2n) is 13.4. The quantitative estimate of drug-likeness (QED) is 0.125. The number of hydrogen-bond donors (Lipinski definition) is 1. The summed E-state index contributed by atoms with van der Waals surface area (Å²) in [6, 6.07) is 0.401. The first kappa shape index (κ1) is 36.8. The van der Waals surface area contributed by atoms with E-state index >= 15 is 0 Å². The second kappa shape index (κ2) is 20.6. The second-order valence-corrected chi connectivity index (χ2v) is 13.4. The zero-order valence-corrected chi connectivity index (χ0v) is 26.6. The van der Waals surface area contributed by atoms with Gasteiger partial charge in [0.2, 0.25) is 0 Å². The molecule has 8 heteroatoms. The number of carbonyl (C=O) groups is 2. The van der Waals surface area contributed by atoms with Gasteiger partial charge in [0, 0.05) is 19.3 Å². The Bertz CT molecular complexity index is 619. The van der Waals surface area contributed by atoms with E-state index in [1.807, 2.05) is 41.5 Å². The number of ether oxygens (including phenoxy) is 5. The molecule has 0 saturated heterocycles. The fraction of sp³-hybridized carbons (Fsp3) is 0.938. The van der Waals surface area contributed by atoms with Crippen molar-refractivity contribution in [1.82, 2.24) is 0 Å². The molecule has 1 unspecified atom stereocenters. The molecule has 0 bridgehead atoms. The Morgan fingerprint density at radius 2 is 1.18 bits per heavy atom. The zero-order chi connectivity index (χ0) is 29.9. The first-order valence-electron chi connectivity index (χ1n) is 15.8. The fourth-order valence-electron chi connectivity index (χ4n) is 4.97. The minimum absolute atomic E-state index is 0.204. The molecule has 1 aliphatic rings. The van der Waals surface area contributed by atoms with Gasteiger partial charge in [0.05, 0.1) is 39.3 Å². The summed E-state index contributed by atoms with van der Waals surface area (Å²) < 4.78 is 27.6. The molecule has 0 aliphatic heterocycles. The molecule has 1 rings (SSSR count). The average molecular weight is 572 g/mol. The van der Waals surface area contributed by atoms with Crippen LogP contribution in [0.4, 0.5) is 0 Å². The number of carbonyl (C=O) groups excluding carboxylic acids is 2. The Kier molecular flexibility index (Phi) is 19.0. The molecule has 40 heavy (non-hydrogen) atoms. The molecule has 1 fully saturated rings. The molecule has 8 nitrogen and oxygen atoms in total. The van der Waals surface area contributed by atoms with E-state index in [0.717, 1.165) is 31.8 Å². The van der Waals surface area contributed by atoms with Gasteiger partial charge < -0.3 is 29.4 Å². The van der Waals surface area contributed by atoms with Gasteiger partial charge in [-0.1, -0.05) is 32.1 Å². The third-order valence-corrected chi connectivity index (χ3v) is 7.06. The normalized spacial score (nSPS) is 18.9. The smallest absolute Gasteiger partial charge is 0.308 e. The van der Waals surface area contributed by atoms with Gasteiger partial charge in [0.25, 0.3) is 0 Å². The van der Waals surface area contributed by atoms with Crippen molar-refractivity contribution in [2.75, 3.05) is 39.6 Å². The molecule has 0 aromatic rings. The van der Waals surface area contributed by atoms with E-state index in [-0.39, 0.29) is 18.4 Å². The van der Waals surface area contributed by atoms with Crippen molar-refractivity contribution in [3.05, 3.63) is 0 Å².